The maximum absolute atomic E-state index is 10.2. The van der Waals surface area contributed by atoms with E-state index >= 15 is 0 Å². The highest BCUT2D eigenvalue weighted by Crippen LogP contribution is 2.26. The van der Waals surface area contributed by atoms with E-state index in [4.69, 9.17) is 24.1 Å². The molecule has 0 radical (unpaired) electrons. The summed E-state index contributed by atoms with van der Waals surface area (Å²) in [4.78, 5) is 0. The van der Waals surface area contributed by atoms with Crippen molar-refractivity contribution in [1.82, 2.24) is 0 Å². The van der Waals surface area contributed by atoms with Gasteiger partial charge in [0, 0.05) is 0 Å². The third-order valence-electron chi connectivity index (χ3n) is 5.06. The number of aliphatic hydroxyl groups is 6. The molecule has 0 aromatic heterocycles. The van der Waals surface area contributed by atoms with E-state index in [-0.39, 0.29) is 13.2 Å². The quantitative estimate of drug-likeness (QED) is 0.273. The van der Waals surface area contributed by atoms with Crippen LogP contribution in [0.15, 0.2) is 36.4 Å². The van der Waals surface area contributed by atoms with Crippen molar-refractivity contribution in [2.45, 2.75) is 55.3 Å². The van der Waals surface area contributed by atoms with Crippen LogP contribution < -0.4 is 0 Å². The van der Waals surface area contributed by atoms with Crippen molar-refractivity contribution in [2.75, 3.05) is 19.8 Å². The van der Waals surface area contributed by atoms with Crippen LogP contribution in [0, 0.1) is 0 Å². The maximum atomic E-state index is 10.2. The summed E-state index contributed by atoms with van der Waals surface area (Å²) in [5, 5.41) is 59.1. The lowest BCUT2D eigenvalue weighted by atomic mass is 9.99. The zero-order valence-corrected chi connectivity index (χ0v) is 16.2. The van der Waals surface area contributed by atoms with Gasteiger partial charge in [-0.1, -0.05) is 42.5 Å². The second-order valence-electron chi connectivity index (χ2n) is 7.20. The SMILES string of the molecule is OC[C@H]1O[C@H](OC[C@H]2O[C@H](OCC=Cc3ccccc3)[C@H](O)[C@@H](O)[C@@H]2O)[C@@H](O)[C@@H]1O. The van der Waals surface area contributed by atoms with E-state index in [1.165, 1.54) is 0 Å². The zero-order valence-electron chi connectivity index (χ0n) is 16.2. The van der Waals surface area contributed by atoms with E-state index in [2.05, 4.69) is 0 Å². The minimum atomic E-state index is -1.54. The molecule has 2 fully saturated rings. The van der Waals surface area contributed by atoms with Crippen LogP contribution in [0.4, 0.5) is 0 Å². The van der Waals surface area contributed by atoms with Crippen molar-refractivity contribution in [3.05, 3.63) is 42.0 Å². The molecular formula is C20H28O10. The number of aliphatic hydroxyl groups excluding tert-OH is 6. The van der Waals surface area contributed by atoms with Gasteiger partial charge in [0.2, 0.25) is 0 Å². The molecule has 6 N–H and O–H groups in total. The molecule has 10 nitrogen and oxygen atoms in total. The number of hydrogen-bond donors (Lipinski definition) is 6. The van der Waals surface area contributed by atoms with Gasteiger partial charge in [-0.2, -0.15) is 0 Å². The standard InChI is InChI=1S/C20H28O10/c21-9-12-14(22)17(25)20(29-12)28-10-13-15(23)16(24)18(26)19(30-13)27-8-4-7-11-5-2-1-3-6-11/h1-7,12-26H,8-10H2/t12-,13-,14-,15-,16+,17+,18-,19+,20+/m1/s1. The third kappa shape index (κ3) is 5.42. The molecule has 0 bridgehead atoms. The van der Waals surface area contributed by atoms with E-state index in [0.717, 1.165) is 5.56 Å². The van der Waals surface area contributed by atoms with Gasteiger partial charge in [-0.25, -0.2) is 0 Å². The summed E-state index contributed by atoms with van der Waals surface area (Å²) in [6.45, 7) is -0.739. The lowest BCUT2D eigenvalue weighted by Crippen LogP contribution is -2.59. The zero-order chi connectivity index (χ0) is 21.7. The molecule has 0 aliphatic carbocycles. The van der Waals surface area contributed by atoms with Crippen LogP contribution in [0.3, 0.4) is 0 Å². The molecule has 2 aliphatic heterocycles. The predicted octanol–water partition coefficient (Wildman–Crippen LogP) is -2.02. The van der Waals surface area contributed by atoms with Gasteiger partial charge in [0.05, 0.1) is 19.8 Å². The van der Waals surface area contributed by atoms with Gasteiger partial charge in [0.1, 0.15) is 42.7 Å². The molecule has 168 valence electrons. The Morgan fingerprint density at radius 2 is 1.37 bits per heavy atom. The van der Waals surface area contributed by atoms with Crippen molar-refractivity contribution in [3.8, 4) is 0 Å². The summed E-state index contributed by atoms with van der Waals surface area (Å²) in [6, 6.07) is 9.50. The highest BCUT2D eigenvalue weighted by atomic mass is 16.7. The van der Waals surface area contributed by atoms with Gasteiger partial charge in [0.25, 0.3) is 0 Å². The van der Waals surface area contributed by atoms with E-state index in [0.29, 0.717) is 0 Å². The number of ether oxygens (including phenoxy) is 4. The summed E-state index contributed by atoms with van der Waals surface area (Å²) in [5.74, 6) is 0. The summed E-state index contributed by atoms with van der Waals surface area (Å²) in [6.07, 6.45) is -8.23. The van der Waals surface area contributed by atoms with Gasteiger partial charge in [0.15, 0.2) is 12.6 Å². The molecule has 10 heteroatoms. The van der Waals surface area contributed by atoms with Crippen LogP contribution in [0.2, 0.25) is 0 Å². The molecule has 2 saturated heterocycles. The molecule has 2 aliphatic rings. The maximum Gasteiger partial charge on any atom is 0.187 e. The van der Waals surface area contributed by atoms with E-state index < -0.39 is 61.9 Å². The Morgan fingerprint density at radius 1 is 0.767 bits per heavy atom. The van der Waals surface area contributed by atoms with Crippen molar-refractivity contribution in [2.24, 2.45) is 0 Å². The Labute approximate surface area is 173 Å². The Kier molecular flexibility index (Phi) is 8.31. The molecule has 0 saturated carbocycles. The van der Waals surface area contributed by atoms with Crippen molar-refractivity contribution in [1.29, 1.82) is 0 Å². The number of benzene rings is 1. The number of rotatable bonds is 8. The van der Waals surface area contributed by atoms with Gasteiger partial charge in [-0.15, -0.1) is 0 Å². The molecule has 0 unspecified atom stereocenters. The van der Waals surface area contributed by atoms with Gasteiger partial charge in [-0.05, 0) is 5.56 Å². The topological polar surface area (TPSA) is 158 Å². The summed E-state index contributed by atoms with van der Waals surface area (Å²) in [5.41, 5.74) is 0.964. The normalized spacial score (nSPS) is 39.6. The molecule has 30 heavy (non-hydrogen) atoms. The molecule has 2 heterocycles. The highest BCUT2D eigenvalue weighted by Gasteiger charge is 2.47. The van der Waals surface area contributed by atoms with Crippen molar-refractivity contribution < 1.29 is 49.6 Å². The lowest BCUT2D eigenvalue weighted by molar-refractivity contribution is -0.307. The minimum absolute atomic E-state index is 0.0852. The molecule has 1 aromatic rings. The Bertz CT molecular complexity index is 671. The Balaban J connectivity index is 1.52. The molecule has 0 spiro atoms. The largest absolute Gasteiger partial charge is 0.394 e. The van der Waals surface area contributed by atoms with Crippen molar-refractivity contribution in [3.63, 3.8) is 0 Å². The molecule has 0 amide bonds. The molecular weight excluding hydrogens is 400 g/mol. The first-order valence-corrected chi connectivity index (χ1v) is 9.69. The second kappa shape index (κ2) is 10.7. The summed E-state index contributed by atoms with van der Waals surface area (Å²) in [7, 11) is 0. The van der Waals surface area contributed by atoms with Crippen LogP contribution in [0.5, 0.6) is 0 Å². The van der Waals surface area contributed by atoms with Gasteiger partial charge < -0.3 is 49.6 Å². The van der Waals surface area contributed by atoms with E-state index in [9.17, 15) is 25.5 Å². The fourth-order valence-corrected chi connectivity index (χ4v) is 3.28. The van der Waals surface area contributed by atoms with Crippen LogP contribution in [0.25, 0.3) is 6.08 Å². The molecule has 3 rings (SSSR count). The van der Waals surface area contributed by atoms with E-state index in [1.54, 1.807) is 6.08 Å². The Hall–Kier alpha value is -1.44. The highest BCUT2D eigenvalue weighted by molar-refractivity contribution is 5.48. The lowest BCUT2D eigenvalue weighted by Gasteiger charge is -2.40. The Morgan fingerprint density at radius 3 is 2.03 bits per heavy atom. The number of hydrogen-bond acceptors (Lipinski definition) is 10. The van der Waals surface area contributed by atoms with Crippen molar-refractivity contribution >= 4 is 6.08 Å². The van der Waals surface area contributed by atoms with Gasteiger partial charge >= 0.3 is 0 Å². The predicted molar refractivity (Wildman–Crippen MR) is 102 cm³/mol. The van der Waals surface area contributed by atoms with E-state index in [1.807, 2.05) is 36.4 Å². The average molecular weight is 428 g/mol. The van der Waals surface area contributed by atoms with Crippen LogP contribution >= 0.6 is 0 Å². The van der Waals surface area contributed by atoms with Crippen LogP contribution in [-0.2, 0) is 18.9 Å². The second-order valence-corrected chi connectivity index (χ2v) is 7.20. The molecule has 1 aromatic carbocycles. The van der Waals surface area contributed by atoms with Crippen LogP contribution in [-0.4, -0.2) is 106 Å². The summed E-state index contributed by atoms with van der Waals surface area (Å²) >= 11 is 0. The first-order valence-electron chi connectivity index (χ1n) is 9.69. The van der Waals surface area contributed by atoms with Gasteiger partial charge in [-0.3, -0.25) is 0 Å². The van der Waals surface area contributed by atoms with Crippen LogP contribution in [0.1, 0.15) is 5.56 Å². The fraction of sp³-hybridized carbons (Fsp3) is 0.600. The fourth-order valence-electron chi connectivity index (χ4n) is 3.28. The summed E-state index contributed by atoms with van der Waals surface area (Å²) < 4.78 is 21.5. The average Bonchev–Trinajstić information content (AvgIpc) is 3.04. The molecule has 9 atom stereocenters. The smallest absolute Gasteiger partial charge is 0.187 e. The third-order valence-corrected chi connectivity index (χ3v) is 5.06. The minimum Gasteiger partial charge on any atom is -0.394 e. The first-order chi connectivity index (χ1) is 14.4. The first kappa shape index (κ1) is 23.2. The monoisotopic (exact) mass is 428 g/mol.